The lowest BCUT2D eigenvalue weighted by Gasteiger charge is -2.12. The average molecular weight is 403 g/mol. The minimum atomic E-state index is -3.73. The Hall–Kier alpha value is -2.75. The van der Waals surface area contributed by atoms with Gasteiger partial charge in [0.05, 0.1) is 16.6 Å². The summed E-state index contributed by atoms with van der Waals surface area (Å²) < 4.78 is 27.0. The molecule has 0 saturated heterocycles. The summed E-state index contributed by atoms with van der Waals surface area (Å²) in [4.78, 5) is 16.0. The average Bonchev–Trinajstić information content (AvgIpc) is 3.15. The van der Waals surface area contributed by atoms with Gasteiger partial charge in [0.15, 0.2) is 0 Å². The molecular weight excluding hydrogens is 386 g/mol. The smallest absolute Gasteiger partial charge is 0.262 e. The molecule has 0 fully saturated rings. The number of anilines is 2. The van der Waals surface area contributed by atoms with Gasteiger partial charge in [0.2, 0.25) is 0 Å². The third-order valence-corrected chi connectivity index (χ3v) is 5.87. The summed E-state index contributed by atoms with van der Waals surface area (Å²) >= 11 is 1.17. The fourth-order valence-corrected chi connectivity index (χ4v) is 4.14. The first-order valence-corrected chi connectivity index (χ1v) is 10.3. The second-order valence-electron chi connectivity index (χ2n) is 5.69. The van der Waals surface area contributed by atoms with Gasteiger partial charge in [0.1, 0.15) is 11.1 Å². The van der Waals surface area contributed by atoms with Crippen molar-refractivity contribution >= 4 is 38.0 Å². The van der Waals surface area contributed by atoms with Crippen LogP contribution in [0.1, 0.15) is 5.56 Å². The van der Waals surface area contributed by atoms with Gasteiger partial charge >= 0.3 is 0 Å². The zero-order valence-corrected chi connectivity index (χ0v) is 15.7. The fourth-order valence-electron chi connectivity index (χ4n) is 2.33. The van der Waals surface area contributed by atoms with Crippen molar-refractivity contribution < 1.29 is 18.3 Å². The summed E-state index contributed by atoms with van der Waals surface area (Å²) in [6, 6.07) is 14.9. The number of rotatable bonds is 7. The van der Waals surface area contributed by atoms with E-state index in [0.29, 0.717) is 10.7 Å². The standard InChI is InChI=1S/C18H17N3O4S2/c22-16(10-13-4-2-1-3-5-13)18(23)20-14-6-8-15(9-7-14)27(24,25)21-17-11-19-12-26-17/h1-9,11-12,16,21-22H,10H2,(H,20,23). The third-order valence-electron chi connectivity index (χ3n) is 3.67. The predicted octanol–water partition coefficient (Wildman–Crippen LogP) is 2.49. The Morgan fingerprint density at radius 2 is 1.81 bits per heavy atom. The van der Waals surface area contributed by atoms with Crippen LogP contribution in [0.4, 0.5) is 10.7 Å². The van der Waals surface area contributed by atoms with Gasteiger partial charge in [-0.2, -0.15) is 0 Å². The van der Waals surface area contributed by atoms with E-state index < -0.39 is 22.0 Å². The summed E-state index contributed by atoms with van der Waals surface area (Å²) in [5.41, 5.74) is 2.76. The number of carbonyl (C=O) groups is 1. The van der Waals surface area contributed by atoms with Crippen molar-refractivity contribution in [3.05, 3.63) is 71.9 Å². The summed E-state index contributed by atoms with van der Waals surface area (Å²) in [6.07, 6.45) is 0.409. The molecule has 1 heterocycles. The van der Waals surface area contributed by atoms with Crippen LogP contribution in [0.25, 0.3) is 0 Å². The number of hydrogen-bond acceptors (Lipinski definition) is 6. The number of nitrogens with zero attached hydrogens (tertiary/aromatic N) is 1. The molecule has 2 aromatic carbocycles. The Bertz CT molecular complexity index is 989. The molecule has 9 heteroatoms. The number of sulfonamides is 1. The molecule has 0 bridgehead atoms. The SMILES string of the molecule is O=C(Nc1ccc(S(=O)(=O)Nc2cncs2)cc1)C(O)Cc1ccccc1. The number of aliphatic hydroxyl groups is 1. The highest BCUT2D eigenvalue weighted by Crippen LogP contribution is 2.20. The molecule has 0 aliphatic heterocycles. The van der Waals surface area contributed by atoms with Gasteiger partial charge in [-0.3, -0.25) is 14.5 Å². The van der Waals surface area contributed by atoms with Gasteiger partial charge in [-0.25, -0.2) is 8.42 Å². The number of benzene rings is 2. The maximum atomic E-state index is 12.3. The molecule has 3 rings (SSSR count). The van der Waals surface area contributed by atoms with E-state index in [-0.39, 0.29) is 11.3 Å². The molecule has 0 saturated carbocycles. The summed E-state index contributed by atoms with van der Waals surface area (Å²) in [7, 11) is -3.73. The largest absolute Gasteiger partial charge is 0.383 e. The molecule has 140 valence electrons. The van der Waals surface area contributed by atoms with Gasteiger partial charge in [0.25, 0.3) is 15.9 Å². The van der Waals surface area contributed by atoms with Crippen LogP contribution >= 0.6 is 11.3 Å². The minimum absolute atomic E-state index is 0.0544. The maximum absolute atomic E-state index is 12.3. The van der Waals surface area contributed by atoms with Crippen LogP contribution in [0.15, 0.2) is 71.2 Å². The molecule has 1 unspecified atom stereocenters. The van der Waals surface area contributed by atoms with Crippen molar-refractivity contribution in [3.8, 4) is 0 Å². The monoisotopic (exact) mass is 403 g/mol. The summed E-state index contributed by atoms with van der Waals surface area (Å²) in [5.74, 6) is -0.558. The quantitative estimate of drug-likeness (QED) is 0.562. The van der Waals surface area contributed by atoms with Crippen LogP contribution < -0.4 is 10.0 Å². The molecule has 7 nitrogen and oxygen atoms in total. The Kier molecular flexibility index (Phi) is 5.84. The molecule has 1 aromatic heterocycles. The number of amides is 1. The lowest BCUT2D eigenvalue weighted by Crippen LogP contribution is -2.29. The van der Waals surface area contributed by atoms with Crippen molar-refractivity contribution in [2.45, 2.75) is 17.4 Å². The van der Waals surface area contributed by atoms with Crippen LogP contribution in [0.2, 0.25) is 0 Å². The van der Waals surface area contributed by atoms with E-state index in [1.807, 2.05) is 30.3 Å². The minimum Gasteiger partial charge on any atom is -0.383 e. The van der Waals surface area contributed by atoms with Crippen LogP contribution in [0, 0.1) is 0 Å². The van der Waals surface area contributed by atoms with Crippen molar-refractivity contribution in [2.24, 2.45) is 0 Å². The van der Waals surface area contributed by atoms with E-state index in [4.69, 9.17) is 0 Å². The molecule has 1 atom stereocenters. The highest BCUT2D eigenvalue weighted by atomic mass is 32.2. The van der Waals surface area contributed by atoms with E-state index in [1.165, 1.54) is 47.3 Å². The second-order valence-corrected chi connectivity index (χ2v) is 8.26. The lowest BCUT2D eigenvalue weighted by atomic mass is 10.1. The summed E-state index contributed by atoms with van der Waals surface area (Å²) in [5, 5.41) is 13.0. The number of carbonyl (C=O) groups excluding carboxylic acids is 1. The van der Waals surface area contributed by atoms with Crippen LogP contribution in [0.3, 0.4) is 0 Å². The van der Waals surface area contributed by atoms with Crippen molar-refractivity contribution in [3.63, 3.8) is 0 Å². The number of thiazole rings is 1. The first-order valence-electron chi connectivity index (χ1n) is 7.98. The molecule has 1 amide bonds. The van der Waals surface area contributed by atoms with Gasteiger partial charge in [-0.15, -0.1) is 11.3 Å². The zero-order chi connectivity index (χ0) is 19.3. The van der Waals surface area contributed by atoms with E-state index >= 15 is 0 Å². The Morgan fingerprint density at radius 3 is 2.44 bits per heavy atom. The molecule has 0 spiro atoms. The molecule has 27 heavy (non-hydrogen) atoms. The van der Waals surface area contributed by atoms with Crippen LogP contribution in [-0.4, -0.2) is 30.5 Å². The van der Waals surface area contributed by atoms with Gasteiger partial charge in [-0.05, 0) is 29.8 Å². The molecule has 3 aromatic rings. The van der Waals surface area contributed by atoms with E-state index in [2.05, 4.69) is 15.0 Å². The van der Waals surface area contributed by atoms with E-state index in [0.717, 1.165) is 5.56 Å². The van der Waals surface area contributed by atoms with Gasteiger partial charge in [-0.1, -0.05) is 30.3 Å². The Balaban J connectivity index is 1.62. The van der Waals surface area contributed by atoms with Crippen LogP contribution in [0.5, 0.6) is 0 Å². The highest BCUT2D eigenvalue weighted by molar-refractivity contribution is 7.93. The Labute approximate surface area is 160 Å². The Morgan fingerprint density at radius 1 is 1.11 bits per heavy atom. The molecule has 0 radical (unpaired) electrons. The third kappa shape index (κ3) is 5.13. The van der Waals surface area contributed by atoms with E-state index in [1.54, 1.807) is 0 Å². The number of nitrogens with one attached hydrogen (secondary N) is 2. The van der Waals surface area contributed by atoms with Crippen LogP contribution in [-0.2, 0) is 21.2 Å². The zero-order valence-electron chi connectivity index (χ0n) is 14.1. The van der Waals surface area contributed by atoms with Gasteiger partial charge in [0, 0.05) is 12.1 Å². The number of hydrogen-bond donors (Lipinski definition) is 3. The van der Waals surface area contributed by atoms with Crippen molar-refractivity contribution in [2.75, 3.05) is 10.0 Å². The van der Waals surface area contributed by atoms with E-state index in [9.17, 15) is 18.3 Å². The van der Waals surface area contributed by atoms with Crippen molar-refractivity contribution in [1.29, 1.82) is 0 Å². The maximum Gasteiger partial charge on any atom is 0.262 e. The summed E-state index contributed by atoms with van der Waals surface area (Å²) in [6.45, 7) is 0. The van der Waals surface area contributed by atoms with Crippen molar-refractivity contribution in [1.82, 2.24) is 4.98 Å². The lowest BCUT2D eigenvalue weighted by molar-refractivity contribution is -0.123. The molecule has 3 N–H and O–H groups in total. The predicted molar refractivity (Wildman–Crippen MR) is 104 cm³/mol. The van der Waals surface area contributed by atoms with Gasteiger partial charge < -0.3 is 10.4 Å². The first-order chi connectivity index (χ1) is 12.9. The molecule has 0 aliphatic rings. The first kappa shape index (κ1) is 19.0. The topological polar surface area (TPSA) is 108 Å². The molecule has 0 aliphatic carbocycles. The highest BCUT2D eigenvalue weighted by Gasteiger charge is 2.17. The second kappa shape index (κ2) is 8.30. The fraction of sp³-hybridized carbons (Fsp3) is 0.111. The number of aliphatic hydroxyl groups excluding tert-OH is 1. The number of aromatic nitrogens is 1. The molecular formula is C18H17N3O4S2. The normalized spacial score (nSPS) is 12.3.